The summed E-state index contributed by atoms with van der Waals surface area (Å²) >= 11 is 9.41. The van der Waals surface area contributed by atoms with Crippen molar-refractivity contribution in [2.24, 2.45) is 0 Å². The summed E-state index contributed by atoms with van der Waals surface area (Å²) in [5.74, 6) is -0.0463. The average Bonchev–Trinajstić information content (AvgIpc) is 2.36. The van der Waals surface area contributed by atoms with Crippen LogP contribution in [0.25, 0.3) is 0 Å². The molecular formula is C15H13BrClNO. The zero-order chi connectivity index (χ0) is 14.2. The van der Waals surface area contributed by atoms with Gasteiger partial charge in [0.25, 0.3) is 0 Å². The number of carbonyl (C=O) groups excluding carboxylic acids is 1. The number of hydrogen-bond donors (Lipinski definition) is 1. The quantitative estimate of drug-likeness (QED) is 0.645. The van der Waals surface area contributed by atoms with E-state index in [0.717, 1.165) is 15.6 Å². The molecule has 0 aliphatic heterocycles. The molecule has 0 unspecified atom stereocenters. The molecule has 2 rings (SSSR count). The lowest BCUT2D eigenvalue weighted by Gasteiger charge is -2.09. The van der Waals surface area contributed by atoms with Gasteiger partial charge in [0.2, 0.25) is 0 Å². The molecule has 19 heavy (non-hydrogen) atoms. The first-order valence-electron chi connectivity index (χ1n) is 5.76. The maximum Gasteiger partial charge on any atom is 0.193 e. The van der Waals surface area contributed by atoms with Crippen molar-refractivity contribution in [3.8, 4) is 0 Å². The summed E-state index contributed by atoms with van der Waals surface area (Å²) in [6, 6.07) is 8.78. The summed E-state index contributed by atoms with van der Waals surface area (Å²) in [4.78, 5) is 12.5. The smallest absolute Gasteiger partial charge is 0.193 e. The van der Waals surface area contributed by atoms with Gasteiger partial charge in [0.15, 0.2) is 5.78 Å². The van der Waals surface area contributed by atoms with Gasteiger partial charge in [-0.15, -0.1) is 0 Å². The molecule has 0 amide bonds. The Hall–Kier alpha value is -1.32. The minimum Gasteiger partial charge on any atom is -0.398 e. The minimum atomic E-state index is -0.0463. The number of carbonyl (C=O) groups is 1. The Balaban J connectivity index is 2.49. The summed E-state index contributed by atoms with van der Waals surface area (Å²) in [5, 5.41) is 0.400. The fourth-order valence-electron chi connectivity index (χ4n) is 1.85. The van der Waals surface area contributed by atoms with Gasteiger partial charge in [-0.05, 0) is 55.3 Å². The van der Waals surface area contributed by atoms with E-state index < -0.39 is 0 Å². The van der Waals surface area contributed by atoms with Gasteiger partial charge in [0.1, 0.15) is 0 Å². The van der Waals surface area contributed by atoms with Crippen molar-refractivity contribution in [3.05, 3.63) is 62.1 Å². The largest absolute Gasteiger partial charge is 0.398 e. The standard InChI is InChI=1S/C15H13BrClNO/c1-8-6-12(16)9(2)5-11(8)15(19)10-3-4-14(18)13(17)7-10/h3-7H,18H2,1-2H3. The van der Waals surface area contributed by atoms with E-state index in [1.807, 2.05) is 26.0 Å². The first-order valence-corrected chi connectivity index (χ1v) is 6.93. The molecule has 4 heteroatoms. The maximum atomic E-state index is 12.5. The second kappa shape index (κ2) is 5.35. The van der Waals surface area contributed by atoms with Crippen LogP contribution in [0, 0.1) is 13.8 Å². The molecule has 0 heterocycles. The van der Waals surface area contributed by atoms with Gasteiger partial charge < -0.3 is 5.73 Å². The lowest BCUT2D eigenvalue weighted by atomic mass is 9.97. The highest BCUT2D eigenvalue weighted by atomic mass is 79.9. The van der Waals surface area contributed by atoms with E-state index in [1.54, 1.807) is 18.2 Å². The van der Waals surface area contributed by atoms with Crippen molar-refractivity contribution in [3.63, 3.8) is 0 Å². The van der Waals surface area contributed by atoms with Crippen molar-refractivity contribution in [1.29, 1.82) is 0 Å². The highest BCUT2D eigenvalue weighted by Crippen LogP contribution is 2.25. The van der Waals surface area contributed by atoms with Crippen molar-refractivity contribution >= 4 is 39.0 Å². The van der Waals surface area contributed by atoms with Crippen LogP contribution in [0.1, 0.15) is 27.0 Å². The topological polar surface area (TPSA) is 43.1 Å². The third kappa shape index (κ3) is 2.82. The van der Waals surface area contributed by atoms with Gasteiger partial charge in [-0.2, -0.15) is 0 Å². The summed E-state index contributed by atoms with van der Waals surface area (Å²) in [6.07, 6.45) is 0. The number of anilines is 1. The maximum absolute atomic E-state index is 12.5. The molecule has 0 aliphatic rings. The first kappa shape index (κ1) is 14.1. The summed E-state index contributed by atoms with van der Waals surface area (Å²) in [7, 11) is 0. The number of aryl methyl sites for hydroxylation is 2. The van der Waals surface area contributed by atoms with Crippen molar-refractivity contribution in [2.75, 3.05) is 5.73 Å². The lowest BCUT2D eigenvalue weighted by Crippen LogP contribution is -2.05. The number of nitrogen functional groups attached to an aromatic ring is 1. The van der Waals surface area contributed by atoms with Gasteiger partial charge in [0, 0.05) is 15.6 Å². The van der Waals surface area contributed by atoms with E-state index >= 15 is 0 Å². The lowest BCUT2D eigenvalue weighted by molar-refractivity contribution is 0.103. The Kier molecular flexibility index (Phi) is 3.97. The van der Waals surface area contributed by atoms with Crippen LogP contribution in [0.15, 0.2) is 34.8 Å². The van der Waals surface area contributed by atoms with E-state index in [9.17, 15) is 4.79 Å². The van der Waals surface area contributed by atoms with E-state index in [2.05, 4.69) is 15.9 Å². The fraction of sp³-hybridized carbons (Fsp3) is 0.133. The highest BCUT2D eigenvalue weighted by Gasteiger charge is 2.14. The van der Waals surface area contributed by atoms with E-state index in [0.29, 0.717) is 21.8 Å². The van der Waals surface area contributed by atoms with Crippen molar-refractivity contribution in [1.82, 2.24) is 0 Å². The Morgan fingerprint density at radius 1 is 1.16 bits per heavy atom. The molecule has 0 aliphatic carbocycles. The molecule has 2 N–H and O–H groups in total. The summed E-state index contributed by atoms with van der Waals surface area (Å²) in [5.41, 5.74) is 9.30. The molecule has 0 bridgehead atoms. The normalized spacial score (nSPS) is 10.5. The highest BCUT2D eigenvalue weighted by molar-refractivity contribution is 9.10. The van der Waals surface area contributed by atoms with Crippen LogP contribution in [0.4, 0.5) is 5.69 Å². The van der Waals surface area contributed by atoms with E-state index in [4.69, 9.17) is 17.3 Å². The zero-order valence-corrected chi connectivity index (χ0v) is 13.0. The van der Waals surface area contributed by atoms with E-state index in [-0.39, 0.29) is 5.78 Å². The van der Waals surface area contributed by atoms with Gasteiger partial charge >= 0.3 is 0 Å². The van der Waals surface area contributed by atoms with Gasteiger partial charge in [-0.25, -0.2) is 0 Å². The second-order valence-corrected chi connectivity index (χ2v) is 5.74. The molecule has 0 aromatic heterocycles. The molecule has 2 nitrogen and oxygen atoms in total. The molecule has 2 aromatic carbocycles. The van der Waals surface area contributed by atoms with Gasteiger partial charge in [0.05, 0.1) is 10.7 Å². The predicted octanol–water partition coefficient (Wildman–Crippen LogP) is 4.53. The zero-order valence-electron chi connectivity index (χ0n) is 10.6. The van der Waals surface area contributed by atoms with Crippen LogP contribution in [-0.2, 0) is 0 Å². The first-order chi connectivity index (χ1) is 8.90. The number of nitrogens with two attached hydrogens (primary N) is 1. The summed E-state index contributed by atoms with van der Waals surface area (Å²) in [6.45, 7) is 3.87. The van der Waals surface area contributed by atoms with Crippen molar-refractivity contribution < 1.29 is 4.79 Å². The second-order valence-electron chi connectivity index (χ2n) is 4.48. The molecule has 98 valence electrons. The number of hydrogen-bond acceptors (Lipinski definition) is 2. The number of benzene rings is 2. The Bertz CT molecular complexity index is 667. The van der Waals surface area contributed by atoms with Gasteiger partial charge in [-0.3, -0.25) is 4.79 Å². The molecule has 0 atom stereocenters. The monoisotopic (exact) mass is 337 g/mol. The fourth-order valence-corrected chi connectivity index (χ4v) is 2.49. The van der Waals surface area contributed by atoms with Crippen LogP contribution in [0.3, 0.4) is 0 Å². The van der Waals surface area contributed by atoms with Crippen LogP contribution in [-0.4, -0.2) is 5.78 Å². The molecule has 0 saturated heterocycles. The van der Waals surface area contributed by atoms with E-state index in [1.165, 1.54) is 0 Å². The van der Waals surface area contributed by atoms with Crippen molar-refractivity contribution in [2.45, 2.75) is 13.8 Å². The number of rotatable bonds is 2. The minimum absolute atomic E-state index is 0.0463. The average molecular weight is 339 g/mol. The number of ketones is 1. The Morgan fingerprint density at radius 3 is 2.47 bits per heavy atom. The Morgan fingerprint density at radius 2 is 1.84 bits per heavy atom. The predicted molar refractivity (Wildman–Crippen MR) is 82.9 cm³/mol. The molecule has 0 saturated carbocycles. The molecule has 0 radical (unpaired) electrons. The SMILES string of the molecule is Cc1cc(C(=O)c2ccc(N)c(Cl)c2)c(C)cc1Br. The number of halogens is 2. The van der Waals surface area contributed by atoms with Gasteiger partial charge in [-0.1, -0.05) is 27.5 Å². The molecular weight excluding hydrogens is 326 g/mol. The Labute approximate surface area is 125 Å². The van der Waals surface area contributed by atoms with Crippen LogP contribution >= 0.6 is 27.5 Å². The molecule has 0 spiro atoms. The molecule has 2 aromatic rings. The van der Waals surface area contributed by atoms with Crippen LogP contribution in [0.2, 0.25) is 5.02 Å². The van der Waals surface area contributed by atoms with Crippen LogP contribution < -0.4 is 5.73 Å². The summed E-state index contributed by atoms with van der Waals surface area (Å²) < 4.78 is 0.997. The molecule has 0 fully saturated rings. The third-order valence-corrected chi connectivity index (χ3v) is 4.19. The van der Waals surface area contributed by atoms with Crippen LogP contribution in [0.5, 0.6) is 0 Å². The third-order valence-electron chi connectivity index (χ3n) is 3.01.